The summed E-state index contributed by atoms with van der Waals surface area (Å²) < 4.78 is 15.4. The van der Waals surface area contributed by atoms with Gasteiger partial charge in [0, 0.05) is 0 Å². The van der Waals surface area contributed by atoms with Crippen LogP contribution in [0.4, 0.5) is 10.2 Å². The molecule has 0 amide bonds. The first-order chi connectivity index (χ1) is 9.13. The summed E-state index contributed by atoms with van der Waals surface area (Å²) in [6, 6.07) is 4.48. The number of hydrogen-bond acceptors (Lipinski definition) is 3. The molecule has 0 bridgehead atoms. The van der Waals surface area contributed by atoms with E-state index < -0.39 is 5.82 Å². The van der Waals surface area contributed by atoms with Crippen LogP contribution < -0.4 is 5.73 Å². The molecule has 0 aliphatic heterocycles. The Morgan fingerprint density at radius 2 is 2.26 bits per heavy atom. The monoisotopic (exact) mass is 279 g/mol. The van der Waals surface area contributed by atoms with E-state index in [4.69, 9.17) is 17.3 Å². The van der Waals surface area contributed by atoms with Crippen molar-refractivity contribution in [2.24, 2.45) is 0 Å². The van der Waals surface area contributed by atoms with Crippen molar-refractivity contribution in [3.8, 4) is 5.69 Å². The molecule has 19 heavy (non-hydrogen) atoms. The Morgan fingerprint density at radius 1 is 1.47 bits per heavy atom. The predicted molar refractivity (Wildman–Crippen MR) is 72.0 cm³/mol. The molecule has 0 unspecified atom stereocenters. The van der Waals surface area contributed by atoms with Crippen molar-refractivity contribution in [2.75, 3.05) is 5.73 Å². The molecule has 7 heteroatoms. The lowest BCUT2D eigenvalue weighted by Gasteiger charge is -2.05. The van der Waals surface area contributed by atoms with Crippen LogP contribution in [0.5, 0.6) is 0 Å². The summed E-state index contributed by atoms with van der Waals surface area (Å²) in [5.74, 6) is -0.0355. The van der Waals surface area contributed by atoms with Gasteiger partial charge in [0.25, 0.3) is 0 Å². The molecule has 2 heterocycles. The van der Waals surface area contributed by atoms with Gasteiger partial charge >= 0.3 is 0 Å². The Kier molecular flexibility index (Phi) is 2.67. The molecular formula is C12H11ClFN5. The number of anilines is 1. The van der Waals surface area contributed by atoms with Crippen molar-refractivity contribution in [3.05, 3.63) is 34.7 Å². The van der Waals surface area contributed by atoms with Gasteiger partial charge < -0.3 is 5.73 Å². The van der Waals surface area contributed by atoms with Gasteiger partial charge in [-0.2, -0.15) is 10.2 Å². The standard InChI is InChI=1S/C12H11ClFN5/c1-2-8-9-11(15)16-17-12(9)19(18-8)10-6(13)4-3-5-7(10)14/h3-5H,2H2,1H3,(H3,15,16,17). The fraction of sp³-hybridized carbons (Fsp3) is 0.167. The first-order valence-electron chi connectivity index (χ1n) is 5.79. The number of nitrogens with zero attached hydrogens (tertiary/aromatic N) is 3. The molecule has 3 rings (SSSR count). The van der Waals surface area contributed by atoms with Crippen molar-refractivity contribution >= 4 is 28.5 Å². The Hall–Kier alpha value is -2.08. The number of nitrogens with one attached hydrogen (secondary N) is 1. The first kappa shape index (κ1) is 12.0. The van der Waals surface area contributed by atoms with Crippen LogP contribution >= 0.6 is 11.6 Å². The van der Waals surface area contributed by atoms with E-state index in [0.717, 1.165) is 5.69 Å². The highest BCUT2D eigenvalue weighted by Gasteiger charge is 2.20. The van der Waals surface area contributed by atoms with Gasteiger partial charge in [-0.15, -0.1) is 0 Å². The second-order valence-electron chi connectivity index (χ2n) is 4.12. The van der Waals surface area contributed by atoms with Gasteiger partial charge in [-0.05, 0) is 18.6 Å². The third kappa shape index (κ3) is 1.67. The van der Waals surface area contributed by atoms with E-state index in [1.807, 2.05) is 6.92 Å². The normalized spacial score (nSPS) is 11.3. The maximum Gasteiger partial charge on any atom is 0.186 e. The number of para-hydroxylation sites is 1. The summed E-state index contributed by atoms with van der Waals surface area (Å²) in [6.07, 6.45) is 0.666. The summed E-state index contributed by atoms with van der Waals surface area (Å²) in [4.78, 5) is 0. The second-order valence-corrected chi connectivity index (χ2v) is 4.53. The number of hydrogen-bond donors (Lipinski definition) is 2. The number of H-pyrrole nitrogens is 1. The maximum absolute atomic E-state index is 14.0. The Balaban J connectivity index is 2.37. The fourth-order valence-corrected chi connectivity index (χ4v) is 2.34. The minimum absolute atomic E-state index is 0.181. The molecule has 3 N–H and O–H groups in total. The lowest BCUT2D eigenvalue weighted by molar-refractivity contribution is 0.611. The maximum atomic E-state index is 14.0. The van der Waals surface area contributed by atoms with E-state index in [1.165, 1.54) is 10.7 Å². The molecule has 3 aromatic rings. The predicted octanol–water partition coefficient (Wildman–Crippen LogP) is 2.69. The third-order valence-electron chi connectivity index (χ3n) is 2.97. The van der Waals surface area contributed by atoms with Crippen molar-refractivity contribution in [2.45, 2.75) is 13.3 Å². The zero-order valence-corrected chi connectivity index (χ0v) is 10.9. The van der Waals surface area contributed by atoms with Crippen molar-refractivity contribution < 1.29 is 4.39 Å². The van der Waals surface area contributed by atoms with Gasteiger partial charge in [0.1, 0.15) is 17.3 Å². The SMILES string of the molecule is CCc1nn(-c2c(F)cccc2Cl)c2n[nH]c(N)c12. The van der Waals surface area contributed by atoms with E-state index in [1.54, 1.807) is 12.1 Å². The molecule has 1 aromatic carbocycles. The Morgan fingerprint density at radius 3 is 2.95 bits per heavy atom. The van der Waals surface area contributed by atoms with E-state index in [9.17, 15) is 4.39 Å². The molecule has 0 fully saturated rings. The van der Waals surface area contributed by atoms with E-state index in [0.29, 0.717) is 23.3 Å². The molecule has 0 radical (unpaired) electrons. The molecule has 5 nitrogen and oxygen atoms in total. The van der Waals surface area contributed by atoms with Crippen molar-refractivity contribution in [1.29, 1.82) is 0 Å². The third-order valence-corrected chi connectivity index (χ3v) is 3.27. The Labute approximate surface area is 113 Å². The average Bonchev–Trinajstić information content (AvgIpc) is 2.92. The number of halogens is 2. The van der Waals surface area contributed by atoms with Crippen LogP contribution in [0.2, 0.25) is 5.02 Å². The van der Waals surface area contributed by atoms with Crippen LogP contribution in [0.25, 0.3) is 16.7 Å². The van der Waals surface area contributed by atoms with Crippen LogP contribution in [-0.2, 0) is 6.42 Å². The number of fused-ring (bicyclic) bond motifs is 1. The topological polar surface area (TPSA) is 72.5 Å². The Bertz CT molecular complexity index is 741. The van der Waals surface area contributed by atoms with E-state index >= 15 is 0 Å². The second kappa shape index (κ2) is 4.24. The van der Waals surface area contributed by atoms with Gasteiger partial charge in [0.2, 0.25) is 0 Å². The number of aromatic nitrogens is 4. The highest BCUT2D eigenvalue weighted by Crippen LogP contribution is 2.29. The average molecular weight is 280 g/mol. The van der Waals surface area contributed by atoms with Gasteiger partial charge in [0.05, 0.1) is 16.1 Å². The summed E-state index contributed by atoms with van der Waals surface area (Å²) in [6.45, 7) is 1.95. The van der Waals surface area contributed by atoms with Crippen LogP contribution in [0.3, 0.4) is 0 Å². The fourth-order valence-electron chi connectivity index (χ4n) is 2.10. The number of benzene rings is 1. The molecular weight excluding hydrogens is 269 g/mol. The molecule has 98 valence electrons. The minimum atomic E-state index is -0.457. The number of nitrogens with two attached hydrogens (primary N) is 1. The van der Waals surface area contributed by atoms with Crippen LogP contribution in [0, 0.1) is 5.82 Å². The molecule has 0 spiro atoms. The van der Waals surface area contributed by atoms with Gasteiger partial charge in [0.15, 0.2) is 5.65 Å². The zero-order chi connectivity index (χ0) is 13.6. The van der Waals surface area contributed by atoms with Crippen molar-refractivity contribution in [1.82, 2.24) is 20.0 Å². The molecule has 0 saturated carbocycles. The van der Waals surface area contributed by atoms with Crippen LogP contribution in [-0.4, -0.2) is 20.0 Å². The van der Waals surface area contributed by atoms with Gasteiger partial charge in [-0.3, -0.25) is 5.10 Å². The minimum Gasteiger partial charge on any atom is -0.383 e. The first-order valence-corrected chi connectivity index (χ1v) is 6.17. The highest BCUT2D eigenvalue weighted by molar-refractivity contribution is 6.32. The number of nitrogen functional groups attached to an aromatic ring is 1. The zero-order valence-electron chi connectivity index (χ0n) is 10.1. The number of aromatic amines is 1. The van der Waals surface area contributed by atoms with E-state index in [2.05, 4.69) is 15.3 Å². The largest absolute Gasteiger partial charge is 0.383 e. The molecule has 0 aliphatic carbocycles. The van der Waals surface area contributed by atoms with Crippen LogP contribution in [0.15, 0.2) is 18.2 Å². The highest BCUT2D eigenvalue weighted by atomic mass is 35.5. The molecule has 2 aromatic heterocycles. The molecule has 0 saturated heterocycles. The van der Waals surface area contributed by atoms with E-state index in [-0.39, 0.29) is 10.7 Å². The quantitative estimate of drug-likeness (QED) is 0.757. The lowest BCUT2D eigenvalue weighted by atomic mass is 10.2. The summed E-state index contributed by atoms with van der Waals surface area (Å²) in [5.41, 5.74) is 7.23. The lowest BCUT2D eigenvalue weighted by Crippen LogP contribution is -2.02. The summed E-state index contributed by atoms with van der Waals surface area (Å²) in [7, 11) is 0. The number of rotatable bonds is 2. The number of aryl methyl sites for hydroxylation is 1. The van der Waals surface area contributed by atoms with Crippen LogP contribution in [0.1, 0.15) is 12.6 Å². The summed E-state index contributed by atoms with van der Waals surface area (Å²) >= 11 is 6.05. The van der Waals surface area contributed by atoms with Gasteiger partial charge in [-0.25, -0.2) is 9.07 Å². The van der Waals surface area contributed by atoms with Crippen molar-refractivity contribution in [3.63, 3.8) is 0 Å². The molecule has 0 aliphatic rings. The summed E-state index contributed by atoms with van der Waals surface area (Å²) in [5, 5.41) is 12.1. The van der Waals surface area contributed by atoms with Gasteiger partial charge in [-0.1, -0.05) is 24.6 Å². The smallest absolute Gasteiger partial charge is 0.186 e. The molecule has 0 atom stereocenters.